The van der Waals surface area contributed by atoms with Crippen molar-refractivity contribution < 1.29 is 4.74 Å². The van der Waals surface area contributed by atoms with Crippen LogP contribution in [0.5, 0.6) is 5.88 Å². The largest absolute Gasteiger partial charge is 0.475 e. The van der Waals surface area contributed by atoms with Gasteiger partial charge in [-0.3, -0.25) is 0 Å². The van der Waals surface area contributed by atoms with E-state index < -0.39 is 0 Å². The third-order valence-corrected chi connectivity index (χ3v) is 2.20. The fourth-order valence-corrected chi connectivity index (χ4v) is 1.58. The Morgan fingerprint density at radius 3 is 2.71 bits per heavy atom. The van der Waals surface area contributed by atoms with Crippen molar-refractivity contribution in [2.45, 2.75) is 33.3 Å². The van der Waals surface area contributed by atoms with Gasteiger partial charge in [0.1, 0.15) is 12.1 Å². The van der Waals surface area contributed by atoms with E-state index in [1.54, 1.807) is 0 Å². The normalized spacial score (nSPS) is 10.6. The highest BCUT2D eigenvalue weighted by atomic mass is 16.5. The van der Waals surface area contributed by atoms with E-state index in [0.717, 1.165) is 25.3 Å². The van der Waals surface area contributed by atoms with Gasteiger partial charge >= 0.3 is 0 Å². The fraction of sp³-hybridized carbons (Fsp3) is 0.667. The van der Waals surface area contributed by atoms with E-state index in [-0.39, 0.29) is 6.10 Å². The van der Waals surface area contributed by atoms with E-state index >= 15 is 0 Å². The maximum atomic E-state index is 5.60. The van der Waals surface area contributed by atoms with Gasteiger partial charge in [-0.25, -0.2) is 9.97 Å². The Balaban J connectivity index is 2.79. The van der Waals surface area contributed by atoms with Gasteiger partial charge in [-0.05, 0) is 20.3 Å². The van der Waals surface area contributed by atoms with Crippen LogP contribution in [-0.2, 0) is 0 Å². The molecule has 0 unspecified atom stereocenters. The Bertz CT molecular complexity index is 324. The molecule has 0 aliphatic rings. The summed E-state index contributed by atoms with van der Waals surface area (Å²) in [5.74, 6) is 1.49. The van der Waals surface area contributed by atoms with Crippen LogP contribution in [0.2, 0.25) is 0 Å². The highest BCUT2D eigenvalue weighted by molar-refractivity contribution is 5.40. The zero-order valence-corrected chi connectivity index (χ0v) is 10.9. The standard InChI is InChI=1S/C12H22N4O/c1-4-6-16(7-5-13)11-8-12(15-9-14-11)17-10(2)3/h8-10H,4-7,13H2,1-3H3. The maximum absolute atomic E-state index is 5.60. The maximum Gasteiger partial charge on any atom is 0.218 e. The Morgan fingerprint density at radius 1 is 1.35 bits per heavy atom. The van der Waals surface area contributed by atoms with Crippen molar-refractivity contribution in [1.29, 1.82) is 0 Å². The SMILES string of the molecule is CCCN(CCN)c1cc(OC(C)C)ncn1. The van der Waals surface area contributed by atoms with Crippen LogP contribution in [-0.4, -0.2) is 35.7 Å². The van der Waals surface area contributed by atoms with Crippen LogP contribution in [0, 0.1) is 0 Å². The molecule has 0 aromatic carbocycles. The Kier molecular flexibility index (Phi) is 5.69. The van der Waals surface area contributed by atoms with Gasteiger partial charge < -0.3 is 15.4 Å². The minimum atomic E-state index is 0.117. The number of hydrogen-bond acceptors (Lipinski definition) is 5. The van der Waals surface area contributed by atoms with Gasteiger partial charge in [-0.15, -0.1) is 0 Å². The number of anilines is 1. The molecule has 1 rings (SSSR count). The van der Waals surface area contributed by atoms with Crippen molar-refractivity contribution in [3.05, 3.63) is 12.4 Å². The van der Waals surface area contributed by atoms with Crippen LogP contribution in [0.4, 0.5) is 5.82 Å². The van der Waals surface area contributed by atoms with E-state index in [4.69, 9.17) is 10.5 Å². The third-order valence-electron chi connectivity index (χ3n) is 2.20. The van der Waals surface area contributed by atoms with Crippen LogP contribution in [0.3, 0.4) is 0 Å². The fourth-order valence-electron chi connectivity index (χ4n) is 1.58. The summed E-state index contributed by atoms with van der Waals surface area (Å²) < 4.78 is 5.55. The third kappa shape index (κ3) is 4.56. The molecule has 0 saturated heterocycles. The van der Waals surface area contributed by atoms with E-state index in [9.17, 15) is 0 Å². The van der Waals surface area contributed by atoms with E-state index in [1.165, 1.54) is 6.33 Å². The quantitative estimate of drug-likeness (QED) is 0.778. The zero-order chi connectivity index (χ0) is 12.7. The first-order chi connectivity index (χ1) is 8.17. The summed E-state index contributed by atoms with van der Waals surface area (Å²) >= 11 is 0. The number of nitrogens with zero attached hydrogens (tertiary/aromatic N) is 3. The number of aromatic nitrogens is 2. The summed E-state index contributed by atoms with van der Waals surface area (Å²) in [5.41, 5.74) is 5.60. The molecule has 0 spiro atoms. The molecule has 2 N–H and O–H groups in total. The second-order valence-corrected chi connectivity index (χ2v) is 4.16. The van der Waals surface area contributed by atoms with Gasteiger partial charge in [-0.2, -0.15) is 0 Å². The molecule has 0 atom stereocenters. The molecule has 5 nitrogen and oxygen atoms in total. The summed E-state index contributed by atoms with van der Waals surface area (Å²) in [6.07, 6.45) is 2.71. The van der Waals surface area contributed by atoms with Crippen LogP contribution in [0.15, 0.2) is 12.4 Å². The molecule has 17 heavy (non-hydrogen) atoms. The molecule has 0 saturated carbocycles. The molecule has 0 fully saturated rings. The molecule has 0 amide bonds. The van der Waals surface area contributed by atoms with Crippen LogP contribution in [0.1, 0.15) is 27.2 Å². The summed E-state index contributed by atoms with van der Waals surface area (Å²) in [7, 11) is 0. The molecule has 1 heterocycles. The van der Waals surface area contributed by atoms with Gasteiger partial charge in [0, 0.05) is 25.7 Å². The first-order valence-electron chi connectivity index (χ1n) is 6.11. The number of nitrogens with two attached hydrogens (primary N) is 1. The molecular formula is C12H22N4O. The zero-order valence-electron chi connectivity index (χ0n) is 10.9. The lowest BCUT2D eigenvalue weighted by atomic mass is 10.3. The van der Waals surface area contributed by atoms with E-state index in [0.29, 0.717) is 12.4 Å². The molecule has 1 aromatic rings. The highest BCUT2D eigenvalue weighted by Gasteiger charge is 2.08. The Labute approximate surface area is 103 Å². The molecule has 0 aliphatic carbocycles. The molecule has 0 bridgehead atoms. The lowest BCUT2D eigenvalue weighted by Gasteiger charge is -2.22. The molecular weight excluding hydrogens is 216 g/mol. The number of ether oxygens (including phenoxy) is 1. The van der Waals surface area contributed by atoms with Gasteiger partial charge in [0.2, 0.25) is 5.88 Å². The molecule has 96 valence electrons. The average Bonchev–Trinajstić information content (AvgIpc) is 2.28. The highest BCUT2D eigenvalue weighted by Crippen LogP contribution is 2.16. The lowest BCUT2D eigenvalue weighted by molar-refractivity contribution is 0.232. The summed E-state index contributed by atoms with van der Waals surface area (Å²) in [5, 5.41) is 0. The summed E-state index contributed by atoms with van der Waals surface area (Å²) in [4.78, 5) is 10.5. The van der Waals surface area contributed by atoms with Gasteiger partial charge in [0.05, 0.1) is 6.10 Å². The molecule has 0 aliphatic heterocycles. The Morgan fingerprint density at radius 2 is 2.12 bits per heavy atom. The second-order valence-electron chi connectivity index (χ2n) is 4.16. The first kappa shape index (κ1) is 13.7. The lowest BCUT2D eigenvalue weighted by Crippen LogP contribution is -2.30. The van der Waals surface area contributed by atoms with Gasteiger partial charge in [0.15, 0.2) is 0 Å². The summed E-state index contributed by atoms with van der Waals surface area (Å²) in [6.45, 7) is 8.44. The van der Waals surface area contributed by atoms with Crippen molar-refractivity contribution >= 4 is 5.82 Å². The first-order valence-corrected chi connectivity index (χ1v) is 6.11. The van der Waals surface area contributed by atoms with Gasteiger partial charge in [-0.1, -0.05) is 6.92 Å². The van der Waals surface area contributed by atoms with E-state index in [2.05, 4.69) is 21.8 Å². The van der Waals surface area contributed by atoms with Crippen molar-refractivity contribution in [2.75, 3.05) is 24.5 Å². The molecule has 5 heteroatoms. The molecule has 0 radical (unpaired) electrons. The predicted octanol–water partition coefficient (Wildman–Crippen LogP) is 1.44. The second kappa shape index (κ2) is 7.06. The van der Waals surface area contributed by atoms with Crippen molar-refractivity contribution in [2.24, 2.45) is 5.73 Å². The minimum absolute atomic E-state index is 0.117. The molecule has 1 aromatic heterocycles. The number of hydrogen-bond donors (Lipinski definition) is 1. The van der Waals surface area contributed by atoms with Crippen molar-refractivity contribution in [3.8, 4) is 5.88 Å². The van der Waals surface area contributed by atoms with Crippen LogP contribution in [0.25, 0.3) is 0 Å². The summed E-state index contributed by atoms with van der Waals surface area (Å²) in [6, 6.07) is 1.87. The van der Waals surface area contributed by atoms with Crippen molar-refractivity contribution in [1.82, 2.24) is 9.97 Å². The monoisotopic (exact) mass is 238 g/mol. The van der Waals surface area contributed by atoms with E-state index in [1.807, 2.05) is 19.9 Å². The predicted molar refractivity (Wildman–Crippen MR) is 69.4 cm³/mol. The van der Waals surface area contributed by atoms with Gasteiger partial charge in [0.25, 0.3) is 0 Å². The smallest absolute Gasteiger partial charge is 0.218 e. The minimum Gasteiger partial charge on any atom is -0.475 e. The van der Waals surface area contributed by atoms with Crippen LogP contribution >= 0.6 is 0 Å². The Hall–Kier alpha value is -1.36. The van der Waals surface area contributed by atoms with Crippen molar-refractivity contribution in [3.63, 3.8) is 0 Å². The topological polar surface area (TPSA) is 64.3 Å². The number of rotatable bonds is 7. The average molecular weight is 238 g/mol. The van der Waals surface area contributed by atoms with Crippen LogP contribution < -0.4 is 15.4 Å².